The number of nitrogens with zero attached hydrogens (tertiary/aromatic N) is 1. The molecule has 1 atom stereocenters. The van der Waals surface area contributed by atoms with Crippen molar-refractivity contribution in [2.75, 3.05) is 0 Å². The van der Waals surface area contributed by atoms with Crippen LogP contribution in [0.25, 0.3) is 27.4 Å². The normalized spacial score (nSPS) is 11.7. The highest BCUT2D eigenvalue weighted by Gasteiger charge is 2.26. The van der Waals surface area contributed by atoms with Gasteiger partial charge in [-0.3, -0.25) is 0 Å². The van der Waals surface area contributed by atoms with Crippen molar-refractivity contribution in [2.45, 2.75) is 25.7 Å². The smallest absolute Gasteiger partial charge is 0.408 e. The third kappa shape index (κ3) is 6.03. The summed E-state index contributed by atoms with van der Waals surface area (Å²) in [6, 6.07) is 40.5. The van der Waals surface area contributed by atoms with Gasteiger partial charge in [0, 0.05) is 23.4 Å². The van der Waals surface area contributed by atoms with Crippen LogP contribution in [0.2, 0.25) is 0 Å². The van der Waals surface area contributed by atoms with Gasteiger partial charge in [-0.05, 0) is 34.2 Å². The quantitative estimate of drug-likeness (QED) is 0.190. The van der Waals surface area contributed by atoms with Gasteiger partial charge in [0.2, 0.25) is 0 Å². The number of alkyl carbamates (subject to hydrolysis) is 1. The molecule has 0 bridgehead atoms. The fourth-order valence-corrected chi connectivity index (χ4v) is 5.18. The van der Waals surface area contributed by atoms with Crippen molar-refractivity contribution in [3.8, 4) is 5.69 Å². The van der Waals surface area contributed by atoms with E-state index in [1.54, 1.807) is 0 Å². The molecule has 6 aromatic rings. The largest absolute Gasteiger partial charge is 0.459 e. The predicted molar refractivity (Wildman–Crippen MR) is 164 cm³/mol. The molecule has 6 heteroatoms. The fraction of sp³-hybridized carbons (Fsp3) is 0.111. The lowest BCUT2D eigenvalue weighted by atomic mass is 10.1. The second-order valence-electron chi connectivity index (χ2n) is 10.1. The summed E-state index contributed by atoms with van der Waals surface area (Å²) < 4.78 is 13.3. The maximum absolute atomic E-state index is 13.4. The Morgan fingerprint density at radius 1 is 0.643 bits per heavy atom. The van der Waals surface area contributed by atoms with Crippen molar-refractivity contribution < 1.29 is 19.1 Å². The zero-order valence-electron chi connectivity index (χ0n) is 23.0. The first-order chi connectivity index (χ1) is 20.7. The number of para-hydroxylation sites is 1. The van der Waals surface area contributed by atoms with Gasteiger partial charge in [-0.1, -0.05) is 115 Å². The Morgan fingerprint density at radius 3 is 1.98 bits per heavy atom. The number of rotatable bonds is 9. The third-order valence-electron chi connectivity index (χ3n) is 7.26. The van der Waals surface area contributed by atoms with Crippen molar-refractivity contribution in [3.05, 3.63) is 150 Å². The van der Waals surface area contributed by atoms with Gasteiger partial charge in [0.05, 0.1) is 11.2 Å². The van der Waals surface area contributed by atoms with Crippen molar-refractivity contribution >= 4 is 33.7 Å². The fourth-order valence-electron chi connectivity index (χ4n) is 5.18. The molecule has 0 fully saturated rings. The summed E-state index contributed by atoms with van der Waals surface area (Å²) >= 11 is 0. The number of carbonyl (C=O) groups is 2. The van der Waals surface area contributed by atoms with Crippen LogP contribution in [0.1, 0.15) is 16.7 Å². The average Bonchev–Trinajstić information content (AvgIpc) is 3.41. The minimum Gasteiger partial charge on any atom is -0.459 e. The van der Waals surface area contributed by atoms with Crippen molar-refractivity contribution in [2.24, 2.45) is 0 Å². The third-order valence-corrected chi connectivity index (χ3v) is 7.26. The van der Waals surface area contributed by atoms with Gasteiger partial charge in [-0.2, -0.15) is 0 Å². The maximum atomic E-state index is 13.4. The summed E-state index contributed by atoms with van der Waals surface area (Å²) in [7, 11) is 0. The Bertz CT molecular complexity index is 1820. The molecule has 42 heavy (non-hydrogen) atoms. The maximum Gasteiger partial charge on any atom is 0.408 e. The van der Waals surface area contributed by atoms with E-state index in [4.69, 9.17) is 9.47 Å². The summed E-state index contributed by atoms with van der Waals surface area (Å²) in [5, 5.41) is 6.02. The molecule has 0 saturated carbocycles. The highest BCUT2D eigenvalue weighted by atomic mass is 16.6. The molecule has 0 aliphatic heterocycles. The highest BCUT2D eigenvalue weighted by molar-refractivity contribution is 5.94. The standard InChI is InChI=1S/C36H30N2O4/c39-35(41-24-26-12-3-1-4-13-26)32(37-36(40)42-25-27-14-5-2-6-15-27)22-29-23-38(33-20-10-9-19-31(29)33)34-21-11-17-28-16-7-8-18-30(28)34/h1-21,23,32H,22,24-25H2,(H,37,40)/t32-/m0/s1. The lowest BCUT2D eigenvalue weighted by Gasteiger charge is -2.18. The Labute approximate surface area is 244 Å². The summed E-state index contributed by atoms with van der Waals surface area (Å²) in [4.78, 5) is 26.3. The number of aromatic nitrogens is 1. The van der Waals surface area contributed by atoms with Gasteiger partial charge in [-0.25, -0.2) is 9.59 Å². The van der Waals surface area contributed by atoms with E-state index in [-0.39, 0.29) is 19.6 Å². The molecule has 1 N–H and O–H groups in total. The number of esters is 1. The van der Waals surface area contributed by atoms with E-state index in [1.165, 1.54) is 0 Å². The van der Waals surface area contributed by atoms with E-state index in [0.29, 0.717) is 0 Å². The molecule has 0 unspecified atom stereocenters. The summed E-state index contributed by atoms with van der Waals surface area (Å²) in [5.74, 6) is -0.530. The monoisotopic (exact) mass is 554 g/mol. The van der Waals surface area contributed by atoms with E-state index in [0.717, 1.165) is 44.1 Å². The first kappa shape index (κ1) is 26.8. The Hall–Kier alpha value is -5.36. The predicted octanol–water partition coefficient (Wildman–Crippen LogP) is 7.36. The number of carbonyl (C=O) groups excluding carboxylic acids is 2. The first-order valence-corrected chi connectivity index (χ1v) is 13.9. The van der Waals surface area contributed by atoms with Crippen LogP contribution >= 0.6 is 0 Å². The van der Waals surface area contributed by atoms with Crippen LogP contribution in [0.3, 0.4) is 0 Å². The van der Waals surface area contributed by atoms with Crippen LogP contribution in [-0.2, 0) is 33.9 Å². The molecule has 6 nitrogen and oxygen atoms in total. The molecule has 1 aromatic heterocycles. The molecule has 1 amide bonds. The van der Waals surface area contributed by atoms with Crippen molar-refractivity contribution in [3.63, 3.8) is 0 Å². The zero-order chi connectivity index (χ0) is 28.7. The van der Waals surface area contributed by atoms with Crippen LogP contribution in [0.4, 0.5) is 4.79 Å². The van der Waals surface area contributed by atoms with E-state index in [1.807, 2.05) is 103 Å². The topological polar surface area (TPSA) is 69.6 Å². The first-order valence-electron chi connectivity index (χ1n) is 13.9. The minimum absolute atomic E-state index is 0.0961. The molecule has 0 saturated heterocycles. The number of nitrogens with one attached hydrogen (secondary N) is 1. The lowest BCUT2D eigenvalue weighted by Crippen LogP contribution is -2.43. The van der Waals surface area contributed by atoms with Gasteiger partial charge < -0.3 is 19.4 Å². The van der Waals surface area contributed by atoms with Crippen molar-refractivity contribution in [1.29, 1.82) is 0 Å². The molecular weight excluding hydrogens is 524 g/mol. The summed E-state index contributed by atoms with van der Waals surface area (Å²) in [6.07, 6.45) is 1.59. The Balaban J connectivity index is 1.30. The molecular formula is C36H30N2O4. The van der Waals surface area contributed by atoms with Crippen LogP contribution in [0.15, 0.2) is 134 Å². The van der Waals surface area contributed by atoms with Gasteiger partial charge in [-0.15, -0.1) is 0 Å². The lowest BCUT2D eigenvalue weighted by molar-refractivity contribution is -0.147. The molecule has 6 rings (SSSR count). The number of ether oxygens (including phenoxy) is 2. The number of hydrogen-bond acceptors (Lipinski definition) is 4. The molecule has 0 spiro atoms. The van der Waals surface area contributed by atoms with Crippen LogP contribution in [-0.4, -0.2) is 22.7 Å². The van der Waals surface area contributed by atoms with Gasteiger partial charge >= 0.3 is 12.1 Å². The van der Waals surface area contributed by atoms with Gasteiger partial charge in [0.25, 0.3) is 0 Å². The van der Waals surface area contributed by atoms with E-state index < -0.39 is 18.1 Å². The van der Waals surface area contributed by atoms with Crippen LogP contribution in [0, 0.1) is 0 Å². The van der Waals surface area contributed by atoms with Crippen LogP contribution in [0.5, 0.6) is 0 Å². The molecule has 208 valence electrons. The molecule has 1 heterocycles. The van der Waals surface area contributed by atoms with E-state index >= 15 is 0 Å². The highest BCUT2D eigenvalue weighted by Crippen LogP contribution is 2.30. The zero-order valence-corrected chi connectivity index (χ0v) is 23.0. The molecule has 5 aromatic carbocycles. The Kier molecular flexibility index (Phi) is 7.95. The summed E-state index contributed by atoms with van der Waals surface area (Å²) in [5.41, 5.74) is 4.67. The number of hydrogen-bond donors (Lipinski definition) is 1. The van der Waals surface area contributed by atoms with Crippen LogP contribution < -0.4 is 5.32 Å². The summed E-state index contributed by atoms with van der Waals surface area (Å²) in [6.45, 7) is 0.202. The SMILES string of the molecule is O=C(N[C@@H](Cc1cn(-c2cccc3ccccc23)c2ccccc12)C(=O)OCc1ccccc1)OCc1ccccc1. The minimum atomic E-state index is -0.955. The number of amides is 1. The van der Waals surface area contributed by atoms with Gasteiger partial charge in [0.15, 0.2) is 0 Å². The molecule has 0 radical (unpaired) electrons. The second kappa shape index (κ2) is 12.4. The van der Waals surface area contributed by atoms with E-state index in [2.05, 4.69) is 40.2 Å². The molecule has 0 aliphatic rings. The average molecular weight is 555 g/mol. The number of fused-ring (bicyclic) bond motifs is 2. The van der Waals surface area contributed by atoms with Gasteiger partial charge in [0.1, 0.15) is 19.3 Å². The van der Waals surface area contributed by atoms with Crippen molar-refractivity contribution in [1.82, 2.24) is 9.88 Å². The second-order valence-corrected chi connectivity index (χ2v) is 10.1. The Morgan fingerprint density at radius 2 is 1.24 bits per heavy atom. The number of benzene rings is 5. The van der Waals surface area contributed by atoms with E-state index in [9.17, 15) is 9.59 Å². The molecule has 0 aliphatic carbocycles.